The van der Waals surface area contributed by atoms with Crippen molar-refractivity contribution in [2.24, 2.45) is 0 Å². The molecule has 3 rings (SSSR count). The van der Waals surface area contributed by atoms with Crippen molar-refractivity contribution in [3.05, 3.63) is 82.1 Å². The molecule has 29 heavy (non-hydrogen) atoms. The number of hydrogen-bond donors (Lipinski definition) is 2. The molecule has 0 aliphatic carbocycles. The summed E-state index contributed by atoms with van der Waals surface area (Å²) in [7, 11) is 0. The summed E-state index contributed by atoms with van der Waals surface area (Å²) >= 11 is 5.76. The van der Waals surface area contributed by atoms with Crippen LogP contribution in [-0.2, 0) is 4.79 Å². The highest BCUT2D eigenvalue weighted by molar-refractivity contribution is 6.30. The summed E-state index contributed by atoms with van der Waals surface area (Å²) in [5.41, 5.74) is 0.777. The number of carbonyl (C=O) groups is 2. The van der Waals surface area contributed by atoms with Crippen LogP contribution in [-0.4, -0.2) is 32.4 Å². The van der Waals surface area contributed by atoms with E-state index in [-0.39, 0.29) is 23.8 Å². The Bertz CT molecular complexity index is 1060. The van der Waals surface area contributed by atoms with Crippen LogP contribution in [0.2, 0.25) is 5.02 Å². The molecule has 148 valence electrons. The number of halogens is 1. The Kier molecular flexibility index (Phi) is 6.36. The van der Waals surface area contributed by atoms with Gasteiger partial charge in [0.1, 0.15) is 5.82 Å². The lowest BCUT2D eigenvalue weighted by atomic mass is 10.1. The van der Waals surface area contributed by atoms with Crippen LogP contribution in [0.15, 0.2) is 66.0 Å². The van der Waals surface area contributed by atoms with Crippen molar-refractivity contribution >= 4 is 29.2 Å². The van der Waals surface area contributed by atoms with Gasteiger partial charge in [0.15, 0.2) is 0 Å². The number of carbonyl (C=O) groups excluding carboxylic acids is 2. The van der Waals surface area contributed by atoms with Gasteiger partial charge in [0.05, 0.1) is 11.2 Å². The van der Waals surface area contributed by atoms with Gasteiger partial charge in [-0.05, 0) is 43.3 Å². The number of anilines is 1. The Morgan fingerprint density at radius 2 is 1.90 bits per heavy atom. The van der Waals surface area contributed by atoms with Gasteiger partial charge < -0.3 is 10.6 Å². The maximum absolute atomic E-state index is 12.4. The summed E-state index contributed by atoms with van der Waals surface area (Å²) in [4.78, 5) is 44.0. The second-order valence-corrected chi connectivity index (χ2v) is 6.76. The summed E-state index contributed by atoms with van der Waals surface area (Å²) in [6, 6.07) is 9.39. The van der Waals surface area contributed by atoms with E-state index in [0.717, 1.165) is 0 Å². The number of aromatic nitrogens is 3. The molecule has 1 aromatic carbocycles. The molecule has 2 aromatic heterocycles. The van der Waals surface area contributed by atoms with Crippen molar-refractivity contribution < 1.29 is 9.59 Å². The van der Waals surface area contributed by atoms with Gasteiger partial charge in [-0.1, -0.05) is 11.6 Å². The minimum atomic E-state index is -0.391. The molecule has 0 aliphatic rings. The van der Waals surface area contributed by atoms with Crippen molar-refractivity contribution in [3.8, 4) is 5.69 Å². The molecule has 1 unspecified atom stereocenters. The molecule has 0 spiro atoms. The van der Waals surface area contributed by atoms with Crippen molar-refractivity contribution in [1.82, 2.24) is 19.9 Å². The van der Waals surface area contributed by atoms with E-state index in [4.69, 9.17) is 11.6 Å². The number of rotatable bonds is 6. The molecular weight excluding hydrogens is 394 g/mol. The SMILES string of the molecule is CC(CC(=O)Nc1ccc(Cl)cn1)NC(=O)c1ccc(-n2ccncc2=O)cc1. The van der Waals surface area contributed by atoms with E-state index in [1.54, 1.807) is 49.5 Å². The van der Waals surface area contributed by atoms with E-state index in [0.29, 0.717) is 22.1 Å². The number of nitrogens with zero attached hydrogens (tertiary/aromatic N) is 3. The first kappa shape index (κ1) is 20.2. The molecule has 0 radical (unpaired) electrons. The number of amides is 2. The fourth-order valence-corrected chi connectivity index (χ4v) is 2.73. The highest BCUT2D eigenvalue weighted by atomic mass is 35.5. The summed E-state index contributed by atoms with van der Waals surface area (Å²) in [6.07, 6.45) is 5.79. The van der Waals surface area contributed by atoms with E-state index in [1.807, 2.05) is 0 Å². The Hall–Kier alpha value is -3.52. The van der Waals surface area contributed by atoms with Gasteiger partial charge in [-0.15, -0.1) is 0 Å². The largest absolute Gasteiger partial charge is 0.349 e. The van der Waals surface area contributed by atoms with Gasteiger partial charge in [-0.25, -0.2) is 4.98 Å². The quantitative estimate of drug-likeness (QED) is 0.648. The van der Waals surface area contributed by atoms with Crippen molar-refractivity contribution in [2.45, 2.75) is 19.4 Å². The predicted octanol–water partition coefficient (Wildman–Crippen LogP) is 2.43. The average Bonchev–Trinajstić information content (AvgIpc) is 2.70. The predicted molar refractivity (Wildman–Crippen MR) is 109 cm³/mol. The third-order valence-corrected chi connectivity index (χ3v) is 4.22. The van der Waals surface area contributed by atoms with Crippen molar-refractivity contribution in [1.29, 1.82) is 0 Å². The Labute approximate surface area is 171 Å². The minimum absolute atomic E-state index is 0.0839. The van der Waals surface area contributed by atoms with Crippen LogP contribution in [0.1, 0.15) is 23.7 Å². The average molecular weight is 412 g/mol. The molecule has 3 aromatic rings. The maximum Gasteiger partial charge on any atom is 0.273 e. The van der Waals surface area contributed by atoms with Gasteiger partial charge in [0.2, 0.25) is 5.91 Å². The van der Waals surface area contributed by atoms with E-state index in [2.05, 4.69) is 20.6 Å². The van der Waals surface area contributed by atoms with E-state index >= 15 is 0 Å². The lowest BCUT2D eigenvalue weighted by Gasteiger charge is -2.14. The first-order valence-corrected chi connectivity index (χ1v) is 9.15. The Balaban J connectivity index is 1.56. The highest BCUT2D eigenvalue weighted by Gasteiger charge is 2.14. The van der Waals surface area contributed by atoms with Crippen LogP contribution in [0.3, 0.4) is 0 Å². The number of benzene rings is 1. The fourth-order valence-electron chi connectivity index (χ4n) is 2.61. The summed E-state index contributed by atoms with van der Waals surface area (Å²) in [5.74, 6) is -0.205. The van der Waals surface area contributed by atoms with Gasteiger partial charge in [-0.2, -0.15) is 0 Å². The topological polar surface area (TPSA) is 106 Å². The molecule has 0 saturated carbocycles. The first-order chi connectivity index (χ1) is 13.9. The minimum Gasteiger partial charge on any atom is -0.349 e. The van der Waals surface area contributed by atoms with Crippen LogP contribution in [0, 0.1) is 0 Å². The highest BCUT2D eigenvalue weighted by Crippen LogP contribution is 2.11. The zero-order chi connectivity index (χ0) is 20.8. The molecule has 2 amide bonds. The molecule has 0 fully saturated rings. The number of hydrogen-bond acceptors (Lipinski definition) is 5. The number of nitrogens with one attached hydrogen (secondary N) is 2. The van der Waals surface area contributed by atoms with Crippen LogP contribution < -0.4 is 16.2 Å². The molecule has 2 heterocycles. The smallest absolute Gasteiger partial charge is 0.273 e. The molecule has 1 atom stereocenters. The third-order valence-electron chi connectivity index (χ3n) is 4.00. The second kappa shape index (κ2) is 9.11. The zero-order valence-corrected chi connectivity index (χ0v) is 16.3. The lowest BCUT2D eigenvalue weighted by Crippen LogP contribution is -2.35. The van der Waals surface area contributed by atoms with Crippen molar-refractivity contribution in [2.75, 3.05) is 5.32 Å². The maximum atomic E-state index is 12.4. The van der Waals surface area contributed by atoms with Crippen LogP contribution >= 0.6 is 11.6 Å². The first-order valence-electron chi connectivity index (χ1n) is 8.78. The van der Waals surface area contributed by atoms with E-state index < -0.39 is 6.04 Å². The zero-order valence-electron chi connectivity index (χ0n) is 15.5. The Morgan fingerprint density at radius 1 is 1.14 bits per heavy atom. The molecular formula is C20H18ClN5O3. The van der Waals surface area contributed by atoms with Crippen LogP contribution in [0.4, 0.5) is 5.82 Å². The Morgan fingerprint density at radius 3 is 2.55 bits per heavy atom. The summed E-state index contributed by atoms with van der Waals surface area (Å²) in [6.45, 7) is 1.73. The van der Waals surface area contributed by atoms with E-state index in [9.17, 15) is 14.4 Å². The summed E-state index contributed by atoms with van der Waals surface area (Å²) < 4.78 is 1.42. The van der Waals surface area contributed by atoms with Crippen LogP contribution in [0.5, 0.6) is 0 Å². The lowest BCUT2D eigenvalue weighted by molar-refractivity contribution is -0.116. The molecule has 0 saturated heterocycles. The van der Waals surface area contributed by atoms with E-state index in [1.165, 1.54) is 23.2 Å². The normalized spacial score (nSPS) is 11.5. The molecule has 9 heteroatoms. The second-order valence-electron chi connectivity index (χ2n) is 6.32. The molecule has 8 nitrogen and oxygen atoms in total. The standard InChI is InChI=1S/C20H18ClN5O3/c1-13(10-18(27)25-17-7-4-15(21)11-23-17)24-20(29)14-2-5-16(6-3-14)26-9-8-22-12-19(26)28/h2-9,11-13H,10H2,1H3,(H,24,29)(H,23,25,27). The fraction of sp³-hybridized carbons (Fsp3) is 0.150. The summed E-state index contributed by atoms with van der Waals surface area (Å²) in [5, 5.41) is 5.89. The van der Waals surface area contributed by atoms with Gasteiger partial charge in [0.25, 0.3) is 11.5 Å². The monoisotopic (exact) mass is 411 g/mol. The van der Waals surface area contributed by atoms with Gasteiger partial charge >= 0.3 is 0 Å². The number of pyridine rings is 1. The molecule has 2 N–H and O–H groups in total. The molecule has 0 bridgehead atoms. The van der Waals surface area contributed by atoms with Gasteiger partial charge in [-0.3, -0.25) is 23.9 Å². The third kappa shape index (κ3) is 5.49. The van der Waals surface area contributed by atoms with Crippen molar-refractivity contribution in [3.63, 3.8) is 0 Å². The molecule has 0 aliphatic heterocycles. The van der Waals surface area contributed by atoms with Crippen LogP contribution in [0.25, 0.3) is 5.69 Å². The van der Waals surface area contributed by atoms with Gasteiger partial charge in [0, 0.05) is 42.3 Å².